The molecule has 0 rings (SSSR count). The molecule has 1 N–H and O–H groups in total. The molecular weight excluding hydrogens is 223 g/mol. The van der Waals surface area contributed by atoms with Crippen molar-refractivity contribution in [3.63, 3.8) is 0 Å². The van der Waals surface area contributed by atoms with Gasteiger partial charge in [-0.1, -0.05) is 32.6 Å². The Morgan fingerprint density at radius 2 is 1.58 bits per heavy atom. The first-order valence-corrected chi connectivity index (χ1v) is 5.62. The van der Waals surface area contributed by atoms with E-state index in [1.807, 2.05) is 0 Å². The van der Waals surface area contributed by atoms with E-state index >= 15 is 0 Å². The largest absolute Gasteiger partial charge is 0.286 e. The SMILES string of the molecule is CCCCCCCS(=O)(=O)O.[Co]. The van der Waals surface area contributed by atoms with Crippen LogP contribution in [0.25, 0.3) is 0 Å². The molecule has 0 unspecified atom stereocenters. The van der Waals surface area contributed by atoms with Gasteiger partial charge in [-0.3, -0.25) is 4.55 Å². The van der Waals surface area contributed by atoms with Gasteiger partial charge in [0.2, 0.25) is 0 Å². The molecule has 0 spiro atoms. The smallest absolute Gasteiger partial charge is 0.264 e. The Hall–Kier alpha value is 0.416. The van der Waals surface area contributed by atoms with Crippen molar-refractivity contribution < 1.29 is 29.7 Å². The Labute approximate surface area is 84.9 Å². The third-order valence-corrected chi connectivity index (χ3v) is 2.31. The van der Waals surface area contributed by atoms with Crippen molar-refractivity contribution in [3.05, 3.63) is 0 Å². The van der Waals surface area contributed by atoms with Gasteiger partial charge in [0, 0.05) is 16.8 Å². The number of hydrogen-bond acceptors (Lipinski definition) is 2. The van der Waals surface area contributed by atoms with Crippen LogP contribution < -0.4 is 0 Å². The Morgan fingerprint density at radius 3 is 2.00 bits per heavy atom. The minimum atomic E-state index is -3.71. The van der Waals surface area contributed by atoms with Crippen LogP contribution in [0.15, 0.2) is 0 Å². The third-order valence-electron chi connectivity index (χ3n) is 1.51. The summed E-state index contributed by atoms with van der Waals surface area (Å²) in [6, 6.07) is 0. The average molecular weight is 239 g/mol. The van der Waals surface area contributed by atoms with E-state index in [-0.39, 0.29) is 22.5 Å². The first-order chi connectivity index (χ1) is 5.06. The maximum Gasteiger partial charge on any atom is 0.264 e. The number of hydrogen-bond donors (Lipinski definition) is 1. The van der Waals surface area contributed by atoms with Crippen LogP contribution >= 0.6 is 0 Å². The number of rotatable bonds is 6. The van der Waals surface area contributed by atoms with Gasteiger partial charge >= 0.3 is 0 Å². The van der Waals surface area contributed by atoms with E-state index in [1.54, 1.807) is 0 Å². The Kier molecular flexibility index (Phi) is 9.99. The molecule has 5 heteroatoms. The minimum Gasteiger partial charge on any atom is -0.286 e. The predicted molar refractivity (Wildman–Crippen MR) is 45.2 cm³/mol. The zero-order valence-electron chi connectivity index (χ0n) is 7.25. The van der Waals surface area contributed by atoms with E-state index < -0.39 is 10.1 Å². The zero-order valence-corrected chi connectivity index (χ0v) is 9.11. The fourth-order valence-corrected chi connectivity index (χ4v) is 1.46. The van der Waals surface area contributed by atoms with E-state index in [4.69, 9.17) is 4.55 Å². The maximum atomic E-state index is 10.2. The van der Waals surface area contributed by atoms with Crippen LogP contribution in [0.2, 0.25) is 0 Å². The van der Waals surface area contributed by atoms with Gasteiger partial charge in [-0.05, 0) is 6.42 Å². The van der Waals surface area contributed by atoms with Crippen LogP contribution in [-0.2, 0) is 26.9 Å². The molecular formula is C7H16CoO3S. The first kappa shape index (κ1) is 14.9. The molecule has 3 nitrogen and oxygen atoms in total. The molecule has 0 amide bonds. The molecule has 0 saturated heterocycles. The molecule has 0 aliphatic rings. The predicted octanol–water partition coefficient (Wildman–Crippen LogP) is 1.84. The van der Waals surface area contributed by atoms with Gasteiger partial charge in [0.05, 0.1) is 5.75 Å². The van der Waals surface area contributed by atoms with Gasteiger partial charge in [-0.25, -0.2) is 0 Å². The van der Waals surface area contributed by atoms with Crippen LogP contribution in [0, 0.1) is 0 Å². The minimum absolute atomic E-state index is 0. The average Bonchev–Trinajstić information content (AvgIpc) is 1.85. The van der Waals surface area contributed by atoms with Crippen LogP contribution in [0.4, 0.5) is 0 Å². The van der Waals surface area contributed by atoms with Gasteiger partial charge < -0.3 is 0 Å². The standard InChI is InChI=1S/C7H16O3S.Co/c1-2-3-4-5-6-7-11(8,9)10;/h2-7H2,1H3,(H,8,9,10);. The monoisotopic (exact) mass is 239 g/mol. The van der Waals surface area contributed by atoms with Crippen molar-refractivity contribution in [1.82, 2.24) is 0 Å². The second kappa shape index (κ2) is 8.03. The summed E-state index contributed by atoms with van der Waals surface area (Å²) >= 11 is 0. The Morgan fingerprint density at radius 1 is 1.08 bits per heavy atom. The van der Waals surface area contributed by atoms with Gasteiger partial charge in [0.1, 0.15) is 0 Å². The summed E-state index contributed by atoms with van der Waals surface area (Å²) in [5.41, 5.74) is 0. The second-order valence-corrected chi connectivity index (χ2v) is 4.27. The van der Waals surface area contributed by atoms with Crippen LogP contribution in [0.5, 0.6) is 0 Å². The first-order valence-electron chi connectivity index (χ1n) is 4.01. The van der Waals surface area contributed by atoms with E-state index in [0.29, 0.717) is 6.42 Å². The Balaban J connectivity index is 0. The third kappa shape index (κ3) is 13.0. The van der Waals surface area contributed by atoms with E-state index in [0.717, 1.165) is 25.7 Å². The van der Waals surface area contributed by atoms with Gasteiger partial charge in [-0.15, -0.1) is 0 Å². The maximum absolute atomic E-state index is 10.2. The Bertz CT molecular complexity index is 177. The van der Waals surface area contributed by atoms with Crippen LogP contribution in [-0.4, -0.2) is 18.7 Å². The molecule has 0 aliphatic carbocycles. The van der Waals surface area contributed by atoms with Crippen molar-refractivity contribution in [3.8, 4) is 0 Å². The van der Waals surface area contributed by atoms with Gasteiger partial charge in [0.25, 0.3) is 10.1 Å². The quantitative estimate of drug-likeness (QED) is 0.568. The van der Waals surface area contributed by atoms with Gasteiger partial charge in [0.15, 0.2) is 0 Å². The molecule has 0 aromatic carbocycles. The second-order valence-electron chi connectivity index (χ2n) is 2.70. The van der Waals surface area contributed by atoms with Crippen molar-refractivity contribution in [2.75, 3.05) is 5.75 Å². The fraction of sp³-hybridized carbons (Fsp3) is 1.00. The molecule has 0 aromatic heterocycles. The summed E-state index contributed by atoms with van der Waals surface area (Å²) in [6.45, 7) is 2.10. The molecule has 0 fully saturated rings. The van der Waals surface area contributed by atoms with Crippen molar-refractivity contribution in [1.29, 1.82) is 0 Å². The van der Waals surface area contributed by atoms with E-state index in [1.165, 1.54) is 0 Å². The van der Waals surface area contributed by atoms with E-state index in [9.17, 15) is 8.42 Å². The molecule has 12 heavy (non-hydrogen) atoms. The molecule has 0 atom stereocenters. The molecule has 0 heterocycles. The molecule has 77 valence electrons. The van der Waals surface area contributed by atoms with Gasteiger partial charge in [-0.2, -0.15) is 8.42 Å². The summed E-state index contributed by atoms with van der Waals surface area (Å²) < 4.78 is 28.8. The van der Waals surface area contributed by atoms with E-state index in [2.05, 4.69) is 6.92 Å². The van der Waals surface area contributed by atoms with Crippen LogP contribution in [0.1, 0.15) is 39.0 Å². The van der Waals surface area contributed by atoms with Crippen molar-refractivity contribution in [2.45, 2.75) is 39.0 Å². The molecule has 0 saturated carbocycles. The normalized spacial score (nSPS) is 10.8. The topological polar surface area (TPSA) is 54.4 Å². The van der Waals surface area contributed by atoms with Crippen LogP contribution in [0.3, 0.4) is 0 Å². The molecule has 0 aliphatic heterocycles. The molecule has 1 radical (unpaired) electrons. The molecule has 0 bridgehead atoms. The van der Waals surface area contributed by atoms with Crippen molar-refractivity contribution >= 4 is 10.1 Å². The molecule has 0 aromatic rings. The summed E-state index contributed by atoms with van der Waals surface area (Å²) in [6.07, 6.45) is 4.83. The summed E-state index contributed by atoms with van der Waals surface area (Å²) in [5.74, 6) is -0.0866. The number of unbranched alkanes of at least 4 members (excludes halogenated alkanes) is 4. The van der Waals surface area contributed by atoms with Crippen molar-refractivity contribution in [2.24, 2.45) is 0 Å². The fourth-order valence-electron chi connectivity index (χ4n) is 0.888. The summed E-state index contributed by atoms with van der Waals surface area (Å²) in [7, 11) is -3.71. The summed E-state index contributed by atoms with van der Waals surface area (Å²) in [4.78, 5) is 0. The summed E-state index contributed by atoms with van der Waals surface area (Å²) in [5, 5.41) is 0. The zero-order chi connectivity index (χ0) is 8.74.